The van der Waals surface area contributed by atoms with Crippen LogP contribution in [0.5, 0.6) is 5.75 Å². The maximum Gasteiger partial charge on any atom is 0.335 e. The molecular formula is C34H32ClNO7. The Labute approximate surface area is 254 Å². The molecule has 1 heterocycles. The summed E-state index contributed by atoms with van der Waals surface area (Å²) in [5, 5.41) is 31.0. The Hall–Kier alpha value is -4.82. The van der Waals surface area contributed by atoms with E-state index < -0.39 is 17.9 Å². The van der Waals surface area contributed by atoms with Crippen molar-refractivity contribution in [2.45, 2.75) is 38.1 Å². The van der Waals surface area contributed by atoms with Crippen LogP contribution in [0, 0.1) is 6.92 Å². The molecule has 4 N–H and O–H groups in total. The Morgan fingerprint density at radius 3 is 2.07 bits per heavy atom. The van der Waals surface area contributed by atoms with E-state index in [2.05, 4.69) is 17.4 Å². The number of hydrogen-bond donors (Lipinski definition) is 4. The standard InChI is InChI=1S/C25H24ClNO3.C9H8O4/c26-19-8-6-18(7-9-19)14-24-22(16-25(28)29)21-15-20(10-11-23(21)27-24)30-13-12-17-4-2-1-3-5-17;1-5-6(8(10)11)3-2-4-7(5)9(12)13/h1-11,15,22,24,27H,12-14,16H2,(H,28,29);2-4H,1H3,(H,10,11)(H,12,13). The first-order valence-electron chi connectivity index (χ1n) is 13.7. The molecule has 5 rings (SSSR count). The molecular weight excluding hydrogens is 570 g/mol. The Bertz CT molecular complexity index is 1560. The van der Waals surface area contributed by atoms with Crippen molar-refractivity contribution in [1.29, 1.82) is 0 Å². The Morgan fingerprint density at radius 1 is 0.814 bits per heavy atom. The number of carbonyl (C=O) groups is 3. The van der Waals surface area contributed by atoms with Crippen molar-refractivity contribution in [3.05, 3.63) is 129 Å². The van der Waals surface area contributed by atoms with Gasteiger partial charge in [0.15, 0.2) is 0 Å². The second kappa shape index (κ2) is 14.4. The summed E-state index contributed by atoms with van der Waals surface area (Å²) in [6.45, 7) is 2.06. The topological polar surface area (TPSA) is 133 Å². The van der Waals surface area contributed by atoms with Crippen molar-refractivity contribution < 1.29 is 34.4 Å². The minimum atomic E-state index is -1.11. The van der Waals surface area contributed by atoms with Crippen molar-refractivity contribution in [3.63, 3.8) is 0 Å². The third-order valence-corrected chi connectivity index (χ3v) is 7.56. The number of carboxylic acids is 3. The minimum Gasteiger partial charge on any atom is -0.493 e. The summed E-state index contributed by atoms with van der Waals surface area (Å²) in [6.07, 6.45) is 1.63. The van der Waals surface area contributed by atoms with Crippen molar-refractivity contribution in [2.75, 3.05) is 11.9 Å². The fourth-order valence-corrected chi connectivity index (χ4v) is 5.25. The van der Waals surface area contributed by atoms with Gasteiger partial charge in [0.05, 0.1) is 24.2 Å². The number of hydrogen-bond acceptors (Lipinski definition) is 5. The molecule has 4 aromatic carbocycles. The third-order valence-electron chi connectivity index (χ3n) is 7.31. The van der Waals surface area contributed by atoms with Gasteiger partial charge in [-0.1, -0.05) is 60.1 Å². The van der Waals surface area contributed by atoms with E-state index in [1.807, 2.05) is 60.7 Å². The molecule has 4 aromatic rings. The lowest BCUT2D eigenvalue weighted by Crippen LogP contribution is -2.25. The van der Waals surface area contributed by atoms with Crippen LogP contribution in [0.3, 0.4) is 0 Å². The summed E-state index contributed by atoms with van der Waals surface area (Å²) in [6, 6.07) is 28.0. The van der Waals surface area contributed by atoms with Gasteiger partial charge < -0.3 is 25.4 Å². The summed E-state index contributed by atoms with van der Waals surface area (Å²) in [5.41, 5.74) is 4.68. The van der Waals surface area contributed by atoms with Crippen LogP contribution in [0.2, 0.25) is 5.02 Å². The molecule has 0 spiro atoms. The number of rotatable bonds is 10. The molecule has 0 saturated heterocycles. The maximum absolute atomic E-state index is 11.5. The quantitative estimate of drug-likeness (QED) is 0.153. The van der Waals surface area contributed by atoms with Crippen molar-refractivity contribution in [2.24, 2.45) is 0 Å². The third kappa shape index (κ3) is 8.36. The van der Waals surface area contributed by atoms with E-state index in [1.54, 1.807) is 0 Å². The molecule has 0 bridgehead atoms. The first kappa shape index (κ1) is 31.1. The zero-order valence-corrected chi connectivity index (χ0v) is 24.3. The second-order valence-electron chi connectivity index (χ2n) is 10.2. The maximum atomic E-state index is 11.5. The van der Waals surface area contributed by atoms with Crippen molar-refractivity contribution in [1.82, 2.24) is 0 Å². The molecule has 0 aliphatic carbocycles. The fourth-order valence-electron chi connectivity index (χ4n) is 5.12. The number of nitrogens with one attached hydrogen (secondary N) is 1. The van der Waals surface area contributed by atoms with Gasteiger partial charge in [-0.05, 0) is 78.1 Å². The number of fused-ring (bicyclic) bond motifs is 1. The van der Waals surface area contributed by atoms with Gasteiger partial charge in [-0.2, -0.15) is 0 Å². The SMILES string of the molecule is Cc1c(C(=O)O)cccc1C(=O)O.O=C(O)CC1c2cc(OCCc3ccccc3)ccc2NC1Cc1ccc(Cl)cc1. The highest BCUT2D eigenvalue weighted by atomic mass is 35.5. The molecule has 222 valence electrons. The second-order valence-corrected chi connectivity index (χ2v) is 10.6. The van der Waals surface area contributed by atoms with E-state index in [9.17, 15) is 19.5 Å². The van der Waals surface area contributed by atoms with E-state index in [-0.39, 0.29) is 35.1 Å². The molecule has 9 heteroatoms. The highest BCUT2D eigenvalue weighted by Crippen LogP contribution is 2.41. The van der Waals surface area contributed by atoms with E-state index in [4.69, 9.17) is 26.6 Å². The van der Waals surface area contributed by atoms with Crippen LogP contribution in [-0.4, -0.2) is 45.9 Å². The van der Waals surface area contributed by atoms with Gasteiger partial charge in [-0.15, -0.1) is 0 Å². The first-order valence-corrected chi connectivity index (χ1v) is 14.1. The summed E-state index contributed by atoms with van der Waals surface area (Å²) < 4.78 is 5.97. The Balaban J connectivity index is 0.000000273. The highest BCUT2D eigenvalue weighted by Gasteiger charge is 2.34. The zero-order valence-electron chi connectivity index (χ0n) is 23.5. The van der Waals surface area contributed by atoms with Crippen molar-refractivity contribution >= 4 is 35.2 Å². The molecule has 1 aliphatic rings. The van der Waals surface area contributed by atoms with Crippen LogP contribution < -0.4 is 10.1 Å². The molecule has 0 amide bonds. The van der Waals surface area contributed by atoms with Crippen LogP contribution >= 0.6 is 11.6 Å². The lowest BCUT2D eigenvalue weighted by atomic mass is 9.88. The van der Waals surface area contributed by atoms with Gasteiger partial charge in [-0.3, -0.25) is 4.79 Å². The van der Waals surface area contributed by atoms with E-state index in [0.717, 1.165) is 35.4 Å². The zero-order chi connectivity index (χ0) is 30.9. The van der Waals surface area contributed by atoms with Crippen LogP contribution in [0.4, 0.5) is 5.69 Å². The van der Waals surface area contributed by atoms with Crippen LogP contribution in [0.25, 0.3) is 0 Å². The van der Waals surface area contributed by atoms with Gasteiger partial charge >= 0.3 is 17.9 Å². The molecule has 1 aliphatic heterocycles. The van der Waals surface area contributed by atoms with E-state index >= 15 is 0 Å². The fraction of sp³-hybridized carbons (Fsp3) is 0.206. The average molecular weight is 602 g/mol. The molecule has 43 heavy (non-hydrogen) atoms. The Morgan fingerprint density at radius 2 is 1.47 bits per heavy atom. The number of halogens is 1. The van der Waals surface area contributed by atoms with E-state index in [1.165, 1.54) is 30.7 Å². The summed E-state index contributed by atoms with van der Waals surface area (Å²) >= 11 is 5.99. The average Bonchev–Trinajstić information content (AvgIpc) is 3.30. The lowest BCUT2D eigenvalue weighted by molar-refractivity contribution is -0.137. The molecule has 0 saturated carbocycles. The number of aliphatic carboxylic acids is 1. The van der Waals surface area contributed by atoms with Crippen molar-refractivity contribution in [3.8, 4) is 5.75 Å². The summed E-state index contributed by atoms with van der Waals surface area (Å²) in [4.78, 5) is 32.8. The number of benzene rings is 4. The van der Waals surface area contributed by atoms with Gasteiger partial charge in [-0.25, -0.2) is 9.59 Å². The molecule has 0 radical (unpaired) electrons. The lowest BCUT2D eigenvalue weighted by Gasteiger charge is -2.19. The monoisotopic (exact) mass is 601 g/mol. The van der Waals surface area contributed by atoms with Gasteiger partial charge in [0, 0.05) is 29.1 Å². The van der Waals surface area contributed by atoms with Gasteiger partial charge in [0.2, 0.25) is 0 Å². The predicted octanol–water partition coefficient (Wildman–Crippen LogP) is 6.95. The van der Waals surface area contributed by atoms with Crippen LogP contribution in [0.1, 0.15) is 55.3 Å². The van der Waals surface area contributed by atoms with Crippen LogP contribution in [-0.2, 0) is 17.6 Å². The first-order chi connectivity index (χ1) is 20.6. The molecule has 0 fully saturated rings. The summed E-state index contributed by atoms with van der Waals surface area (Å²) in [7, 11) is 0. The number of ether oxygens (including phenoxy) is 1. The van der Waals surface area contributed by atoms with Crippen LogP contribution in [0.15, 0.2) is 91.0 Å². The predicted molar refractivity (Wildman–Crippen MR) is 165 cm³/mol. The number of aromatic carboxylic acids is 2. The number of carboxylic acid groups (broad SMARTS) is 3. The molecule has 0 aromatic heterocycles. The van der Waals surface area contributed by atoms with E-state index in [0.29, 0.717) is 11.6 Å². The summed E-state index contributed by atoms with van der Waals surface area (Å²) in [5.74, 6) is -2.37. The molecule has 2 atom stereocenters. The van der Waals surface area contributed by atoms with Gasteiger partial charge in [0.1, 0.15) is 5.75 Å². The normalized spacial score (nSPS) is 14.9. The minimum absolute atomic E-state index is 0.0110. The Kier molecular flexibility index (Phi) is 10.4. The molecule has 8 nitrogen and oxygen atoms in total. The smallest absolute Gasteiger partial charge is 0.335 e. The van der Waals surface area contributed by atoms with Gasteiger partial charge in [0.25, 0.3) is 0 Å². The number of anilines is 1. The highest BCUT2D eigenvalue weighted by molar-refractivity contribution is 6.30. The largest absolute Gasteiger partial charge is 0.493 e. The molecule has 2 unspecified atom stereocenters.